The van der Waals surface area contributed by atoms with Gasteiger partial charge in [0.2, 0.25) is 5.91 Å². The maximum atomic E-state index is 13.7. The Hall–Kier alpha value is -3.16. The normalized spacial score (nSPS) is 22.4. The van der Waals surface area contributed by atoms with Gasteiger partial charge in [0.05, 0.1) is 12.9 Å². The summed E-state index contributed by atoms with van der Waals surface area (Å²) in [6.45, 7) is 5.11. The van der Waals surface area contributed by atoms with Crippen LogP contribution in [0.4, 0.5) is 5.69 Å². The van der Waals surface area contributed by atoms with Crippen LogP contribution in [0, 0.1) is 0 Å². The first-order valence-corrected chi connectivity index (χ1v) is 12.0. The van der Waals surface area contributed by atoms with Crippen molar-refractivity contribution in [2.24, 2.45) is 0 Å². The van der Waals surface area contributed by atoms with E-state index in [0.29, 0.717) is 13.1 Å². The fraction of sp³-hybridized carbons (Fsp3) is 0.520. The Labute approximate surface area is 194 Å². The van der Waals surface area contributed by atoms with Gasteiger partial charge in [-0.2, -0.15) is 0 Å². The molecule has 0 radical (unpaired) electrons. The summed E-state index contributed by atoms with van der Waals surface area (Å²) < 4.78 is 1.69. The summed E-state index contributed by atoms with van der Waals surface area (Å²) >= 11 is 0. The van der Waals surface area contributed by atoms with Crippen LogP contribution in [-0.2, 0) is 17.8 Å². The number of hydrogen-bond donors (Lipinski definition) is 1. The van der Waals surface area contributed by atoms with Crippen LogP contribution in [0.2, 0.25) is 0 Å². The molecule has 1 aliphatic carbocycles. The lowest BCUT2D eigenvalue weighted by Crippen LogP contribution is -2.65. The van der Waals surface area contributed by atoms with Crippen LogP contribution >= 0.6 is 0 Å². The van der Waals surface area contributed by atoms with Crippen molar-refractivity contribution in [1.29, 1.82) is 0 Å². The molecule has 5 rings (SSSR count). The summed E-state index contributed by atoms with van der Waals surface area (Å²) in [5.41, 5.74) is 1.41. The van der Waals surface area contributed by atoms with Gasteiger partial charge in [-0.1, -0.05) is 38.0 Å². The number of nitrogens with one attached hydrogen (secondary N) is 1. The summed E-state index contributed by atoms with van der Waals surface area (Å²) in [6.07, 6.45) is 7.24. The highest BCUT2D eigenvalue weighted by molar-refractivity contribution is 6.13. The summed E-state index contributed by atoms with van der Waals surface area (Å²) in [5, 5.41) is 3.17. The molecule has 0 bridgehead atoms. The Bertz CT molecular complexity index is 1100. The molecule has 2 aromatic rings. The highest BCUT2D eigenvalue weighted by Gasteiger charge is 2.49. The Kier molecular flexibility index (Phi) is 5.46. The second kappa shape index (κ2) is 8.32. The van der Waals surface area contributed by atoms with E-state index in [1.54, 1.807) is 14.4 Å². The number of nitrogens with zero attached hydrogens (tertiary/aromatic N) is 4. The van der Waals surface area contributed by atoms with Crippen molar-refractivity contribution < 1.29 is 14.4 Å². The van der Waals surface area contributed by atoms with E-state index in [4.69, 9.17) is 0 Å². The van der Waals surface area contributed by atoms with Gasteiger partial charge in [-0.15, -0.1) is 0 Å². The molecule has 1 aromatic heterocycles. The molecule has 0 saturated heterocycles. The quantitative estimate of drug-likeness (QED) is 0.760. The second-order valence-corrected chi connectivity index (χ2v) is 9.59. The van der Waals surface area contributed by atoms with Gasteiger partial charge in [-0.3, -0.25) is 14.4 Å². The van der Waals surface area contributed by atoms with Gasteiger partial charge in [-0.05, 0) is 44.2 Å². The lowest BCUT2D eigenvalue weighted by atomic mass is 9.93. The Morgan fingerprint density at radius 1 is 1.21 bits per heavy atom. The number of carbonyl (C=O) groups is 3. The number of carbonyl (C=O) groups excluding carboxylic acids is 3. The first kappa shape index (κ1) is 21.7. The molecule has 3 amide bonds. The van der Waals surface area contributed by atoms with E-state index >= 15 is 0 Å². The number of amides is 3. The van der Waals surface area contributed by atoms with Crippen molar-refractivity contribution in [3.63, 3.8) is 0 Å². The molecular weight excluding hydrogens is 418 g/mol. The average Bonchev–Trinajstić information content (AvgIpc) is 3.55. The molecule has 8 nitrogen and oxygen atoms in total. The summed E-state index contributed by atoms with van der Waals surface area (Å²) in [7, 11) is 0. The van der Waals surface area contributed by atoms with Crippen LogP contribution in [0.3, 0.4) is 0 Å². The lowest BCUT2D eigenvalue weighted by molar-refractivity contribution is -0.133. The highest BCUT2D eigenvalue weighted by atomic mass is 16.2. The molecule has 3 aliphatic rings. The number of anilines is 1. The van der Waals surface area contributed by atoms with Crippen LogP contribution in [0.15, 0.2) is 30.6 Å². The lowest BCUT2D eigenvalue weighted by Gasteiger charge is -2.44. The summed E-state index contributed by atoms with van der Waals surface area (Å²) in [6, 6.07) is 8.00. The van der Waals surface area contributed by atoms with Gasteiger partial charge in [0.15, 0.2) is 5.69 Å². The Morgan fingerprint density at radius 3 is 2.73 bits per heavy atom. The molecule has 1 aromatic carbocycles. The van der Waals surface area contributed by atoms with Crippen molar-refractivity contribution in [3.05, 3.63) is 47.5 Å². The van der Waals surface area contributed by atoms with Crippen molar-refractivity contribution in [1.82, 2.24) is 19.8 Å². The standard InChI is InChI=1S/C25H31N5O3/c1-3-13-30-23(32)21-20(22(31)29-14-12-17-8-4-7-11-19(17)29)26-16-28(21)15-25(30,2)24(33)27-18-9-5-6-10-18/h4,7-8,11,16,18H,3,5-6,9-10,12-15H2,1-2H3,(H,27,33)/t25-/m1/s1. The van der Waals surface area contributed by atoms with E-state index in [1.807, 2.05) is 38.1 Å². The van der Waals surface area contributed by atoms with Crippen LogP contribution in [0.1, 0.15) is 72.5 Å². The van der Waals surface area contributed by atoms with Crippen molar-refractivity contribution in [2.45, 2.75) is 70.5 Å². The first-order chi connectivity index (χ1) is 15.9. The highest BCUT2D eigenvalue weighted by Crippen LogP contribution is 2.33. The molecule has 1 N–H and O–H groups in total. The number of fused-ring (bicyclic) bond motifs is 2. The Morgan fingerprint density at radius 2 is 1.97 bits per heavy atom. The molecule has 33 heavy (non-hydrogen) atoms. The van der Waals surface area contributed by atoms with E-state index in [1.165, 1.54) is 6.33 Å². The minimum Gasteiger partial charge on any atom is -0.351 e. The van der Waals surface area contributed by atoms with Crippen molar-refractivity contribution in [3.8, 4) is 0 Å². The van der Waals surface area contributed by atoms with E-state index in [9.17, 15) is 14.4 Å². The molecule has 174 valence electrons. The van der Waals surface area contributed by atoms with Crippen molar-refractivity contribution >= 4 is 23.4 Å². The van der Waals surface area contributed by atoms with Crippen LogP contribution < -0.4 is 10.2 Å². The average molecular weight is 450 g/mol. The zero-order chi connectivity index (χ0) is 23.2. The van der Waals surface area contributed by atoms with Crippen LogP contribution in [-0.4, -0.2) is 56.8 Å². The topological polar surface area (TPSA) is 87.5 Å². The van der Waals surface area contributed by atoms with Gasteiger partial charge in [0.25, 0.3) is 11.8 Å². The van der Waals surface area contributed by atoms with Gasteiger partial charge in [-0.25, -0.2) is 4.98 Å². The maximum Gasteiger partial charge on any atom is 0.279 e. The van der Waals surface area contributed by atoms with E-state index in [2.05, 4.69) is 10.3 Å². The number of imidazole rings is 1. The zero-order valence-electron chi connectivity index (χ0n) is 19.3. The number of benzene rings is 1. The second-order valence-electron chi connectivity index (χ2n) is 9.59. The summed E-state index contributed by atoms with van der Waals surface area (Å²) in [5.74, 6) is -0.699. The molecule has 8 heteroatoms. The maximum absolute atomic E-state index is 13.7. The van der Waals surface area contributed by atoms with Gasteiger partial charge >= 0.3 is 0 Å². The van der Waals surface area contributed by atoms with E-state index < -0.39 is 5.54 Å². The minimum absolute atomic E-state index is 0.128. The molecule has 1 saturated carbocycles. The molecule has 1 atom stereocenters. The van der Waals surface area contributed by atoms with E-state index in [0.717, 1.165) is 49.8 Å². The molecule has 3 heterocycles. The predicted molar refractivity (Wildman–Crippen MR) is 124 cm³/mol. The van der Waals surface area contributed by atoms with Gasteiger partial charge in [0.1, 0.15) is 11.2 Å². The molecule has 0 unspecified atom stereocenters. The monoisotopic (exact) mass is 449 g/mol. The van der Waals surface area contributed by atoms with Crippen molar-refractivity contribution in [2.75, 3.05) is 18.0 Å². The third kappa shape index (κ3) is 3.52. The number of rotatable bonds is 5. The number of para-hydroxylation sites is 1. The fourth-order valence-corrected chi connectivity index (χ4v) is 5.51. The smallest absolute Gasteiger partial charge is 0.279 e. The SMILES string of the molecule is CCCN1C(=O)c2c(C(=O)N3CCc4ccccc43)ncn2C[C@]1(C)C(=O)NC1CCCC1. The molecule has 2 aliphatic heterocycles. The Balaban J connectivity index is 1.47. The largest absolute Gasteiger partial charge is 0.351 e. The molecular formula is C25H31N5O3. The minimum atomic E-state index is -1.02. The molecule has 0 spiro atoms. The fourth-order valence-electron chi connectivity index (χ4n) is 5.51. The van der Waals surface area contributed by atoms with Gasteiger partial charge < -0.3 is 19.7 Å². The first-order valence-electron chi connectivity index (χ1n) is 12.0. The van der Waals surface area contributed by atoms with Gasteiger partial charge in [0, 0.05) is 24.8 Å². The molecule has 1 fully saturated rings. The van der Waals surface area contributed by atoms with E-state index in [-0.39, 0.29) is 41.7 Å². The zero-order valence-corrected chi connectivity index (χ0v) is 19.3. The third-order valence-electron chi connectivity index (χ3n) is 7.32. The summed E-state index contributed by atoms with van der Waals surface area (Å²) in [4.78, 5) is 48.3. The number of aromatic nitrogens is 2. The third-order valence-corrected chi connectivity index (χ3v) is 7.32. The van der Waals surface area contributed by atoms with Crippen LogP contribution in [0.25, 0.3) is 0 Å². The van der Waals surface area contributed by atoms with Crippen LogP contribution in [0.5, 0.6) is 0 Å². The predicted octanol–water partition coefficient (Wildman–Crippen LogP) is 2.77. The number of hydrogen-bond acceptors (Lipinski definition) is 4.